The molecule has 0 aliphatic carbocycles. The molecule has 3 aliphatic heterocycles. The number of nitrogens with zero attached hydrogens (tertiary/aromatic N) is 2. The first kappa shape index (κ1) is 12.5. The maximum absolute atomic E-state index is 12.6. The van der Waals surface area contributed by atoms with Crippen LogP contribution in [0.4, 0.5) is 0 Å². The average molecular weight is 285 g/mol. The summed E-state index contributed by atoms with van der Waals surface area (Å²) in [5, 5.41) is 11.3. The second-order valence-electron chi connectivity index (χ2n) is 5.77. The van der Waals surface area contributed by atoms with Crippen LogP contribution >= 0.6 is 0 Å². The van der Waals surface area contributed by atoms with Gasteiger partial charge in [-0.25, -0.2) is 0 Å². The van der Waals surface area contributed by atoms with Crippen LogP contribution in [0.2, 0.25) is 0 Å². The van der Waals surface area contributed by atoms with Crippen molar-refractivity contribution in [3.8, 4) is 0 Å². The highest BCUT2D eigenvalue weighted by atomic mass is 16.5. The fraction of sp³-hybridized carbons (Fsp3) is 0.400. The van der Waals surface area contributed by atoms with Crippen molar-refractivity contribution < 1.29 is 19.4 Å². The van der Waals surface area contributed by atoms with Crippen molar-refractivity contribution in [3.63, 3.8) is 0 Å². The Morgan fingerprint density at radius 3 is 3.14 bits per heavy atom. The Morgan fingerprint density at radius 1 is 1.57 bits per heavy atom. The van der Waals surface area contributed by atoms with E-state index in [0.717, 1.165) is 5.56 Å². The van der Waals surface area contributed by atoms with Gasteiger partial charge in [-0.1, -0.05) is 18.2 Å². The van der Waals surface area contributed by atoms with Gasteiger partial charge in [0.1, 0.15) is 5.60 Å². The van der Waals surface area contributed by atoms with Gasteiger partial charge in [0.15, 0.2) is 0 Å². The van der Waals surface area contributed by atoms with Crippen molar-refractivity contribution in [1.82, 2.24) is 9.88 Å². The van der Waals surface area contributed by atoms with Crippen molar-refractivity contribution in [3.05, 3.63) is 42.2 Å². The summed E-state index contributed by atoms with van der Waals surface area (Å²) < 4.78 is 5.79. The van der Waals surface area contributed by atoms with Gasteiger partial charge in [-0.2, -0.15) is 0 Å². The monoisotopic (exact) mass is 285 g/mol. The van der Waals surface area contributed by atoms with E-state index in [1.807, 2.05) is 12.1 Å². The van der Waals surface area contributed by atoms with Crippen molar-refractivity contribution in [2.75, 3.05) is 6.54 Å². The molecule has 0 aromatic carbocycles. The van der Waals surface area contributed by atoms with Crippen LogP contribution in [-0.2, 0) is 20.9 Å². The number of carbonyl (C=O) groups is 2. The Morgan fingerprint density at radius 2 is 2.43 bits per heavy atom. The number of carbonyl (C=O) groups excluding carboxylic acids is 2. The zero-order chi connectivity index (χ0) is 14.6. The lowest BCUT2D eigenvalue weighted by Gasteiger charge is -2.24. The van der Waals surface area contributed by atoms with Gasteiger partial charge in [-0.3, -0.25) is 9.78 Å². The maximum Gasteiger partial charge on any atom is 0.230 e. The molecular formula is C15H13N2O4-. The molecule has 6 heteroatoms. The van der Waals surface area contributed by atoms with Crippen molar-refractivity contribution in [2.24, 2.45) is 11.8 Å². The molecule has 0 N–H and O–H groups in total. The van der Waals surface area contributed by atoms with Gasteiger partial charge in [0.05, 0.1) is 18.6 Å². The molecule has 4 rings (SSSR count). The largest absolute Gasteiger partial charge is 0.550 e. The number of amides is 1. The summed E-state index contributed by atoms with van der Waals surface area (Å²) in [6.07, 6.45) is 6.40. The van der Waals surface area contributed by atoms with Gasteiger partial charge >= 0.3 is 0 Å². The first-order chi connectivity index (χ1) is 10.1. The van der Waals surface area contributed by atoms with Gasteiger partial charge in [0, 0.05) is 30.8 Å². The van der Waals surface area contributed by atoms with E-state index in [4.69, 9.17) is 4.74 Å². The van der Waals surface area contributed by atoms with E-state index >= 15 is 0 Å². The van der Waals surface area contributed by atoms with E-state index in [1.165, 1.54) is 0 Å². The Labute approximate surface area is 121 Å². The number of hydrogen-bond donors (Lipinski definition) is 0. The number of carboxylic acids is 1. The van der Waals surface area contributed by atoms with Crippen LogP contribution in [0.1, 0.15) is 5.56 Å². The Bertz CT molecular complexity index is 644. The number of aliphatic carboxylic acids is 1. The van der Waals surface area contributed by atoms with Crippen LogP contribution in [-0.4, -0.2) is 40.0 Å². The molecule has 0 radical (unpaired) electrons. The number of ether oxygens (including phenoxy) is 1. The van der Waals surface area contributed by atoms with E-state index in [1.54, 1.807) is 29.4 Å². The molecule has 108 valence electrons. The number of carboxylic acid groups (broad SMARTS) is 1. The molecule has 1 aromatic rings. The highest BCUT2D eigenvalue weighted by Crippen LogP contribution is 2.51. The van der Waals surface area contributed by atoms with E-state index in [0.29, 0.717) is 13.1 Å². The molecule has 2 bridgehead atoms. The lowest BCUT2D eigenvalue weighted by atomic mass is 9.77. The zero-order valence-corrected chi connectivity index (χ0v) is 11.1. The first-order valence-electron chi connectivity index (χ1n) is 6.86. The highest BCUT2D eigenvalue weighted by molar-refractivity contribution is 5.90. The smallest absolute Gasteiger partial charge is 0.230 e. The average Bonchev–Trinajstić information content (AvgIpc) is 3.09. The van der Waals surface area contributed by atoms with Crippen molar-refractivity contribution in [1.29, 1.82) is 0 Å². The van der Waals surface area contributed by atoms with Crippen molar-refractivity contribution >= 4 is 11.9 Å². The molecule has 6 nitrogen and oxygen atoms in total. The van der Waals surface area contributed by atoms with Crippen LogP contribution in [0.5, 0.6) is 0 Å². The molecular weight excluding hydrogens is 272 g/mol. The van der Waals surface area contributed by atoms with E-state index in [9.17, 15) is 14.7 Å². The van der Waals surface area contributed by atoms with E-state index in [-0.39, 0.29) is 5.91 Å². The molecule has 2 saturated heterocycles. The summed E-state index contributed by atoms with van der Waals surface area (Å²) in [4.78, 5) is 29.6. The number of rotatable bonds is 3. The predicted molar refractivity (Wildman–Crippen MR) is 68.4 cm³/mol. The summed E-state index contributed by atoms with van der Waals surface area (Å²) >= 11 is 0. The van der Waals surface area contributed by atoms with Crippen LogP contribution in [0.15, 0.2) is 36.7 Å². The fourth-order valence-corrected chi connectivity index (χ4v) is 3.69. The second kappa shape index (κ2) is 4.14. The normalized spacial score (nSPS) is 36.3. The third-order valence-corrected chi connectivity index (χ3v) is 4.55. The van der Waals surface area contributed by atoms with Crippen LogP contribution < -0.4 is 5.11 Å². The van der Waals surface area contributed by atoms with Crippen LogP contribution in [0, 0.1) is 11.8 Å². The predicted octanol–water partition coefficient (Wildman–Crippen LogP) is -0.887. The molecule has 4 atom stereocenters. The molecule has 1 aromatic heterocycles. The second-order valence-corrected chi connectivity index (χ2v) is 5.77. The highest BCUT2D eigenvalue weighted by Gasteiger charge is 2.65. The Hall–Kier alpha value is -2.21. The minimum atomic E-state index is -1.21. The molecule has 21 heavy (non-hydrogen) atoms. The number of likely N-dealkylation sites (tertiary alicyclic amines) is 1. The van der Waals surface area contributed by atoms with Gasteiger partial charge in [-0.05, 0) is 11.6 Å². The van der Waals surface area contributed by atoms with Crippen LogP contribution in [0.3, 0.4) is 0 Å². The molecule has 4 heterocycles. The number of aromatic nitrogens is 1. The summed E-state index contributed by atoms with van der Waals surface area (Å²) in [5.41, 5.74) is 0.111. The number of hydrogen-bond acceptors (Lipinski definition) is 5. The topological polar surface area (TPSA) is 82.6 Å². The Kier molecular flexibility index (Phi) is 2.47. The summed E-state index contributed by atoms with van der Waals surface area (Å²) in [7, 11) is 0. The van der Waals surface area contributed by atoms with Crippen molar-refractivity contribution in [2.45, 2.75) is 18.2 Å². The molecule has 2 fully saturated rings. The van der Waals surface area contributed by atoms with Gasteiger partial charge < -0.3 is 19.5 Å². The third kappa shape index (κ3) is 1.65. The van der Waals surface area contributed by atoms with Crippen LogP contribution in [0.25, 0.3) is 0 Å². The maximum atomic E-state index is 12.6. The van der Waals surface area contributed by atoms with E-state index < -0.39 is 29.5 Å². The number of pyridine rings is 1. The molecule has 0 saturated carbocycles. The zero-order valence-electron chi connectivity index (χ0n) is 11.1. The van der Waals surface area contributed by atoms with Gasteiger partial charge in [-0.15, -0.1) is 0 Å². The minimum absolute atomic E-state index is 0.181. The SMILES string of the molecule is O=C([O-])[C@H]1[C@H]2C=C[C@@]3(CN(Cc4cccnc4)C(=O)[C@@H]13)O2. The first-order valence-corrected chi connectivity index (χ1v) is 6.86. The number of fused-ring (bicyclic) bond motifs is 1. The quantitative estimate of drug-likeness (QED) is 0.673. The Balaban J connectivity index is 1.63. The van der Waals surface area contributed by atoms with Gasteiger partial charge in [0.2, 0.25) is 5.91 Å². The summed E-state index contributed by atoms with van der Waals surface area (Å²) in [6, 6.07) is 3.69. The summed E-state index contributed by atoms with van der Waals surface area (Å²) in [6.45, 7) is 0.786. The lowest BCUT2D eigenvalue weighted by Crippen LogP contribution is -2.45. The third-order valence-electron chi connectivity index (χ3n) is 4.55. The fourth-order valence-electron chi connectivity index (χ4n) is 3.69. The van der Waals surface area contributed by atoms with Gasteiger partial charge in [0.25, 0.3) is 0 Å². The molecule has 1 spiro atoms. The van der Waals surface area contributed by atoms with E-state index in [2.05, 4.69) is 4.98 Å². The minimum Gasteiger partial charge on any atom is -0.550 e. The molecule has 0 unspecified atom stereocenters. The standard InChI is InChI=1S/C15H14N2O4/c18-13-12-11(14(19)20)10-3-4-15(12,21-10)8-17(13)7-9-2-1-5-16-6-9/h1-6,10-12H,7-8H2,(H,19,20)/p-1/t10-,11+,12-,15+/m1/s1. The summed E-state index contributed by atoms with van der Waals surface area (Å²) in [5.74, 6) is -2.96. The molecule has 3 aliphatic rings. The lowest BCUT2D eigenvalue weighted by molar-refractivity contribution is -0.313. The molecule has 1 amide bonds.